The lowest BCUT2D eigenvalue weighted by Crippen LogP contribution is -2.52. The van der Waals surface area contributed by atoms with E-state index in [2.05, 4.69) is 25.3 Å². The van der Waals surface area contributed by atoms with Crippen LogP contribution < -0.4 is 10.1 Å². The molecule has 0 aliphatic carbocycles. The maximum absolute atomic E-state index is 12.9. The molecule has 1 fully saturated rings. The number of rotatable bonds is 8. The van der Waals surface area contributed by atoms with Crippen LogP contribution in [0.3, 0.4) is 0 Å². The summed E-state index contributed by atoms with van der Waals surface area (Å²) in [5.41, 5.74) is 0.950. The molecule has 0 radical (unpaired) electrons. The first kappa shape index (κ1) is 25.3. The van der Waals surface area contributed by atoms with Crippen molar-refractivity contribution in [1.82, 2.24) is 20.3 Å². The molecule has 1 unspecified atom stereocenters. The van der Waals surface area contributed by atoms with Crippen LogP contribution in [0.25, 0.3) is 0 Å². The van der Waals surface area contributed by atoms with Crippen LogP contribution in [0, 0.1) is 12.7 Å². The van der Waals surface area contributed by atoms with Crippen molar-refractivity contribution >= 4 is 29.9 Å². The van der Waals surface area contributed by atoms with Gasteiger partial charge in [0.2, 0.25) is 0 Å². The monoisotopic (exact) mass is 547 g/mol. The normalized spacial score (nSPS) is 16.0. The number of aliphatic hydroxyl groups excluding tert-OH is 1. The highest BCUT2D eigenvalue weighted by atomic mass is 127. The number of piperazine rings is 1. The van der Waals surface area contributed by atoms with E-state index < -0.39 is 6.10 Å². The first-order valence-electron chi connectivity index (χ1n) is 10.3. The number of aryl methyl sites for hydroxylation is 1. The highest BCUT2D eigenvalue weighted by Gasteiger charge is 2.20. The Balaban J connectivity index is 0.00000341. The molecule has 0 saturated carbocycles. The fourth-order valence-electron chi connectivity index (χ4n) is 3.23. The lowest BCUT2D eigenvalue weighted by molar-refractivity contribution is 0.113. The molecule has 2 N–H and O–H groups in total. The van der Waals surface area contributed by atoms with Gasteiger partial charge in [-0.3, -0.25) is 9.89 Å². The summed E-state index contributed by atoms with van der Waals surface area (Å²) in [6.07, 6.45) is -0.750. The van der Waals surface area contributed by atoms with Crippen LogP contribution >= 0.6 is 24.0 Å². The third kappa shape index (κ3) is 8.26. The number of aromatic nitrogens is 1. The van der Waals surface area contributed by atoms with E-state index in [1.54, 1.807) is 0 Å². The second-order valence-corrected chi connectivity index (χ2v) is 7.31. The molecule has 1 saturated heterocycles. The molecule has 2 aromatic rings. The van der Waals surface area contributed by atoms with Crippen molar-refractivity contribution in [3.8, 4) is 5.75 Å². The van der Waals surface area contributed by atoms with Crippen LogP contribution in [-0.4, -0.2) is 78.0 Å². The van der Waals surface area contributed by atoms with Gasteiger partial charge in [0.25, 0.3) is 0 Å². The zero-order valence-corrected chi connectivity index (χ0v) is 20.3. The molecular formula is C21H31FIN5O3. The van der Waals surface area contributed by atoms with E-state index in [1.807, 2.05) is 19.9 Å². The Labute approximate surface area is 199 Å². The topological polar surface area (TPSA) is 86.4 Å². The molecular weight excluding hydrogens is 516 g/mol. The molecule has 0 amide bonds. The molecule has 1 atom stereocenters. The van der Waals surface area contributed by atoms with Crippen LogP contribution in [0.1, 0.15) is 18.4 Å². The SMILES string of the molecule is CCNC(=NCC(O)COc1ccc(F)cc1)N1CCN(Cc2cc(C)on2)CC1.I. The zero-order chi connectivity index (χ0) is 21.3. The second kappa shape index (κ2) is 12.8. The van der Waals surface area contributed by atoms with E-state index in [1.165, 1.54) is 24.3 Å². The van der Waals surface area contributed by atoms with E-state index in [0.717, 1.165) is 56.7 Å². The Bertz CT molecular complexity index is 810. The van der Waals surface area contributed by atoms with Crippen LogP contribution in [0.15, 0.2) is 39.8 Å². The average Bonchev–Trinajstić information content (AvgIpc) is 3.16. The Hall–Kier alpha value is -1.92. The number of nitrogens with zero attached hydrogens (tertiary/aromatic N) is 4. The number of hydrogen-bond donors (Lipinski definition) is 2. The van der Waals surface area contributed by atoms with E-state index in [9.17, 15) is 9.50 Å². The van der Waals surface area contributed by atoms with Gasteiger partial charge in [-0.2, -0.15) is 0 Å². The van der Waals surface area contributed by atoms with E-state index in [4.69, 9.17) is 9.26 Å². The molecule has 1 aromatic heterocycles. The number of hydrogen-bond acceptors (Lipinski definition) is 6. The molecule has 3 rings (SSSR count). The predicted octanol–water partition coefficient (Wildman–Crippen LogP) is 2.26. The van der Waals surface area contributed by atoms with Gasteiger partial charge in [-0.1, -0.05) is 5.16 Å². The van der Waals surface area contributed by atoms with Crippen molar-refractivity contribution in [3.63, 3.8) is 0 Å². The number of nitrogens with one attached hydrogen (secondary N) is 1. The first-order valence-corrected chi connectivity index (χ1v) is 10.3. The Morgan fingerprint density at radius 2 is 2.00 bits per heavy atom. The van der Waals surface area contributed by atoms with Gasteiger partial charge in [-0.15, -0.1) is 24.0 Å². The summed E-state index contributed by atoms with van der Waals surface area (Å²) < 4.78 is 23.6. The third-order valence-electron chi connectivity index (χ3n) is 4.78. The van der Waals surface area contributed by atoms with Crippen molar-refractivity contribution in [2.75, 3.05) is 45.9 Å². The van der Waals surface area contributed by atoms with Crippen LogP contribution in [0.2, 0.25) is 0 Å². The maximum Gasteiger partial charge on any atom is 0.194 e. The molecule has 8 nitrogen and oxygen atoms in total. The lowest BCUT2D eigenvalue weighted by Gasteiger charge is -2.36. The number of halogens is 2. The summed E-state index contributed by atoms with van der Waals surface area (Å²) in [5.74, 6) is 1.81. The molecule has 0 spiro atoms. The zero-order valence-electron chi connectivity index (χ0n) is 18.0. The number of ether oxygens (including phenoxy) is 1. The quantitative estimate of drug-likeness (QED) is 0.298. The van der Waals surface area contributed by atoms with Crippen molar-refractivity contribution in [2.24, 2.45) is 4.99 Å². The summed E-state index contributed by atoms with van der Waals surface area (Å²) in [6.45, 7) is 9.23. The molecule has 1 aromatic carbocycles. The molecule has 31 heavy (non-hydrogen) atoms. The van der Waals surface area contributed by atoms with E-state index >= 15 is 0 Å². The lowest BCUT2D eigenvalue weighted by atomic mass is 10.3. The largest absolute Gasteiger partial charge is 0.491 e. The van der Waals surface area contributed by atoms with Crippen molar-refractivity contribution in [1.29, 1.82) is 0 Å². The van der Waals surface area contributed by atoms with Gasteiger partial charge in [0, 0.05) is 45.3 Å². The fourth-order valence-corrected chi connectivity index (χ4v) is 3.23. The smallest absolute Gasteiger partial charge is 0.194 e. The third-order valence-corrected chi connectivity index (χ3v) is 4.78. The predicted molar refractivity (Wildman–Crippen MR) is 127 cm³/mol. The minimum absolute atomic E-state index is 0. The van der Waals surface area contributed by atoms with E-state index in [-0.39, 0.29) is 42.9 Å². The molecule has 0 bridgehead atoms. The number of guanidine groups is 1. The number of benzene rings is 1. The molecule has 1 aliphatic rings. The summed E-state index contributed by atoms with van der Waals surface area (Å²) in [7, 11) is 0. The van der Waals surface area contributed by atoms with Crippen molar-refractivity contribution in [2.45, 2.75) is 26.5 Å². The summed E-state index contributed by atoms with van der Waals surface area (Å²) in [6, 6.07) is 7.69. The van der Waals surface area contributed by atoms with Crippen molar-refractivity contribution < 1.29 is 18.8 Å². The second-order valence-electron chi connectivity index (χ2n) is 7.31. The number of aliphatic imine (C=N–C) groups is 1. The highest BCUT2D eigenvalue weighted by Crippen LogP contribution is 2.12. The molecule has 10 heteroatoms. The molecule has 1 aliphatic heterocycles. The Morgan fingerprint density at radius 3 is 2.61 bits per heavy atom. The minimum atomic E-state index is -0.750. The minimum Gasteiger partial charge on any atom is -0.491 e. The molecule has 172 valence electrons. The highest BCUT2D eigenvalue weighted by molar-refractivity contribution is 14.0. The van der Waals surface area contributed by atoms with Gasteiger partial charge < -0.3 is 24.6 Å². The Kier molecular flexibility index (Phi) is 10.5. The van der Waals surface area contributed by atoms with Crippen LogP contribution in [0.5, 0.6) is 5.75 Å². The van der Waals surface area contributed by atoms with Gasteiger partial charge in [0.15, 0.2) is 5.96 Å². The average molecular weight is 547 g/mol. The van der Waals surface area contributed by atoms with Gasteiger partial charge in [0.05, 0.1) is 12.2 Å². The van der Waals surface area contributed by atoms with Gasteiger partial charge in [0.1, 0.15) is 30.0 Å². The molecule has 2 heterocycles. The van der Waals surface area contributed by atoms with Crippen LogP contribution in [0.4, 0.5) is 4.39 Å². The number of aliphatic hydroxyl groups is 1. The Morgan fingerprint density at radius 1 is 1.29 bits per heavy atom. The van der Waals surface area contributed by atoms with Crippen molar-refractivity contribution in [3.05, 3.63) is 47.6 Å². The van der Waals surface area contributed by atoms with Gasteiger partial charge in [-0.05, 0) is 38.1 Å². The summed E-state index contributed by atoms with van der Waals surface area (Å²) in [4.78, 5) is 9.10. The van der Waals surface area contributed by atoms with Crippen LogP contribution in [-0.2, 0) is 6.54 Å². The first-order chi connectivity index (χ1) is 14.5. The summed E-state index contributed by atoms with van der Waals surface area (Å²) in [5, 5.41) is 17.6. The van der Waals surface area contributed by atoms with Gasteiger partial charge in [-0.25, -0.2) is 4.39 Å². The fraction of sp³-hybridized carbons (Fsp3) is 0.524. The maximum atomic E-state index is 12.9. The summed E-state index contributed by atoms with van der Waals surface area (Å²) >= 11 is 0. The van der Waals surface area contributed by atoms with Gasteiger partial charge >= 0.3 is 0 Å². The standard InChI is InChI=1S/C21H30FN5O3.HI/c1-3-23-21(24-13-19(28)15-29-20-6-4-17(22)5-7-20)27-10-8-26(9-11-27)14-18-12-16(2)30-25-18;/h4-7,12,19,28H,3,8-11,13-15H2,1-2H3,(H,23,24);1H. The van der Waals surface area contributed by atoms with E-state index in [0.29, 0.717) is 5.75 Å².